The molecule has 1 aromatic rings. The van der Waals surface area contributed by atoms with Gasteiger partial charge in [-0.25, -0.2) is 4.98 Å². The highest BCUT2D eigenvalue weighted by Crippen LogP contribution is 2.26. The molecule has 1 aromatic heterocycles. The summed E-state index contributed by atoms with van der Waals surface area (Å²) in [5, 5.41) is 7.00. The largest absolute Gasteiger partial charge is 0.375 e. The number of thiazole rings is 1. The molecule has 108 valence electrons. The van der Waals surface area contributed by atoms with Gasteiger partial charge in [0.2, 0.25) is 0 Å². The summed E-state index contributed by atoms with van der Waals surface area (Å²) >= 11 is 1.76. The number of aromatic nitrogens is 1. The Labute approximate surface area is 120 Å². The lowest BCUT2D eigenvalue weighted by molar-refractivity contribution is -0.0630. The molecule has 1 N–H and O–H groups in total. The van der Waals surface area contributed by atoms with Crippen molar-refractivity contribution in [1.82, 2.24) is 10.3 Å². The van der Waals surface area contributed by atoms with Gasteiger partial charge in [0.05, 0.1) is 11.3 Å². The van der Waals surface area contributed by atoms with Crippen molar-refractivity contribution >= 4 is 11.3 Å². The van der Waals surface area contributed by atoms with E-state index in [2.05, 4.69) is 45.3 Å². The number of rotatable bonds is 3. The van der Waals surface area contributed by atoms with Crippen molar-refractivity contribution in [2.45, 2.75) is 71.1 Å². The molecule has 4 heteroatoms. The maximum absolute atomic E-state index is 5.74. The Kier molecular flexibility index (Phi) is 4.33. The molecular weight excluding hydrogens is 256 g/mol. The van der Waals surface area contributed by atoms with Gasteiger partial charge in [-0.1, -0.05) is 20.8 Å². The van der Waals surface area contributed by atoms with Gasteiger partial charge in [0, 0.05) is 30.0 Å². The van der Waals surface area contributed by atoms with Crippen LogP contribution < -0.4 is 5.32 Å². The predicted octanol–water partition coefficient (Wildman–Crippen LogP) is 3.49. The quantitative estimate of drug-likeness (QED) is 0.921. The predicted molar refractivity (Wildman–Crippen MR) is 80.7 cm³/mol. The van der Waals surface area contributed by atoms with Crippen LogP contribution in [0.5, 0.6) is 0 Å². The first-order valence-electron chi connectivity index (χ1n) is 7.08. The van der Waals surface area contributed by atoms with Crippen molar-refractivity contribution in [2.24, 2.45) is 0 Å². The lowest BCUT2D eigenvalue weighted by atomic mass is 9.93. The average Bonchev–Trinajstić information content (AvgIpc) is 2.73. The van der Waals surface area contributed by atoms with Gasteiger partial charge >= 0.3 is 0 Å². The number of nitrogens with zero attached hydrogens (tertiary/aromatic N) is 1. The molecule has 2 heterocycles. The molecule has 0 bridgehead atoms. The Balaban J connectivity index is 1.87. The maximum Gasteiger partial charge on any atom is 0.107 e. The second kappa shape index (κ2) is 5.51. The SMILES string of the molecule is CC1(C)CC(NCc2nc(C(C)(C)C)cs2)CCO1. The van der Waals surface area contributed by atoms with Gasteiger partial charge in [-0.3, -0.25) is 0 Å². The summed E-state index contributed by atoms with van der Waals surface area (Å²) in [5.41, 5.74) is 1.35. The molecule has 1 fully saturated rings. The Hall–Kier alpha value is -0.450. The topological polar surface area (TPSA) is 34.2 Å². The first-order valence-corrected chi connectivity index (χ1v) is 7.96. The molecule has 1 aliphatic heterocycles. The first kappa shape index (κ1) is 14.9. The zero-order chi connectivity index (χ0) is 14.1. The Morgan fingerprint density at radius 3 is 2.79 bits per heavy atom. The highest BCUT2D eigenvalue weighted by atomic mass is 32.1. The highest BCUT2D eigenvalue weighted by molar-refractivity contribution is 7.09. The van der Waals surface area contributed by atoms with E-state index in [0.29, 0.717) is 6.04 Å². The summed E-state index contributed by atoms with van der Waals surface area (Å²) in [4.78, 5) is 4.73. The molecular formula is C15H26N2OS. The molecule has 3 nitrogen and oxygen atoms in total. The summed E-state index contributed by atoms with van der Waals surface area (Å²) in [6.07, 6.45) is 2.17. The molecule has 0 spiro atoms. The van der Waals surface area contributed by atoms with Crippen molar-refractivity contribution < 1.29 is 4.74 Å². The molecule has 1 aliphatic rings. The second-order valence-corrected chi connectivity index (χ2v) is 8.00. The zero-order valence-electron chi connectivity index (χ0n) is 12.7. The molecule has 0 aliphatic carbocycles. The van der Waals surface area contributed by atoms with Crippen molar-refractivity contribution in [3.05, 3.63) is 16.1 Å². The van der Waals surface area contributed by atoms with Crippen molar-refractivity contribution in [3.63, 3.8) is 0 Å². The smallest absolute Gasteiger partial charge is 0.107 e. The fraction of sp³-hybridized carbons (Fsp3) is 0.800. The van der Waals surface area contributed by atoms with E-state index < -0.39 is 0 Å². The van der Waals surface area contributed by atoms with Crippen molar-refractivity contribution in [2.75, 3.05) is 6.61 Å². The number of nitrogens with one attached hydrogen (secondary N) is 1. The molecule has 0 saturated carbocycles. The summed E-state index contributed by atoms with van der Waals surface area (Å²) in [6, 6.07) is 0.547. The van der Waals surface area contributed by atoms with Gasteiger partial charge in [-0.2, -0.15) is 0 Å². The van der Waals surface area contributed by atoms with E-state index in [4.69, 9.17) is 9.72 Å². The van der Waals surface area contributed by atoms with Crippen LogP contribution in [-0.4, -0.2) is 23.2 Å². The Morgan fingerprint density at radius 1 is 1.47 bits per heavy atom. The van der Waals surface area contributed by atoms with Crippen LogP contribution in [0.4, 0.5) is 0 Å². The second-order valence-electron chi connectivity index (χ2n) is 7.06. The summed E-state index contributed by atoms with van der Waals surface area (Å²) < 4.78 is 5.74. The van der Waals surface area contributed by atoms with Gasteiger partial charge in [-0.05, 0) is 26.7 Å². The lowest BCUT2D eigenvalue weighted by Crippen LogP contribution is -2.43. The molecule has 2 rings (SSSR count). The van der Waals surface area contributed by atoms with Crippen LogP contribution in [0.15, 0.2) is 5.38 Å². The number of hydrogen-bond donors (Lipinski definition) is 1. The normalized spacial score (nSPS) is 23.5. The molecule has 0 amide bonds. The lowest BCUT2D eigenvalue weighted by Gasteiger charge is -2.35. The number of ether oxygens (including phenoxy) is 1. The Morgan fingerprint density at radius 2 is 2.21 bits per heavy atom. The molecule has 1 saturated heterocycles. The zero-order valence-corrected chi connectivity index (χ0v) is 13.6. The monoisotopic (exact) mass is 282 g/mol. The fourth-order valence-corrected chi connectivity index (χ4v) is 3.35. The third-order valence-electron chi connectivity index (χ3n) is 3.56. The molecule has 0 radical (unpaired) electrons. The molecule has 1 unspecified atom stereocenters. The van der Waals surface area contributed by atoms with Crippen LogP contribution in [0, 0.1) is 0 Å². The highest BCUT2D eigenvalue weighted by Gasteiger charge is 2.28. The average molecular weight is 282 g/mol. The van der Waals surface area contributed by atoms with Crippen LogP contribution in [-0.2, 0) is 16.7 Å². The molecule has 19 heavy (non-hydrogen) atoms. The summed E-state index contributed by atoms with van der Waals surface area (Å²) in [7, 11) is 0. The third-order valence-corrected chi connectivity index (χ3v) is 4.41. The van der Waals surface area contributed by atoms with Crippen LogP contribution in [0.3, 0.4) is 0 Å². The fourth-order valence-electron chi connectivity index (χ4n) is 2.37. The third kappa shape index (κ3) is 4.26. The van der Waals surface area contributed by atoms with E-state index in [0.717, 1.165) is 26.0 Å². The summed E-state index contributed by atoms with van der Waals surface area (Å²) in [5.74, 6) is 0. The summed E-state index contributed by atoms with van der Waals surface area (Å²) in [6.45, 7) is 12.7. The van der Waals surface area contributed by atoms with E-state index in [-0.39, 0.29) is 11.0 Å². The van der Waals surface area contributed by atoms with Crippen LogP contribution in [0.25, 0.3) is 0 Å². The Bertz CT molecular complexity index is 420. The van der Waals surface area contributed by atoms with Gasteiger partial charge < -0.3 is 10.1 Å². The maximum atomic E-state index is 5.74. The van der Waals surface area contributed by atoms with Crippen LogP contribution in [0.2, 0.25) is 0 Å². The van der Waals surface area contributed by atoms with Gasteiger partial charge in [0.1, 0.15) is 5.01 Å². The van der Waals surface area contributed by atoms with E-state index in [1.165, 1.54) is 10.7 Å². The van der Waals surface area contributed by atoms with Crippen molar-refractivity contribution in [3.8, 4) is 0 Å². The molecule has 1 atom stereocenters. The van der Waals surface area contributed by atoms with Crippen molar-refractivity contribution in [1.29, 1.82) is 0 Å². The van der Waals surface area contributed by atoms with E-state index >= 15 is 0 Å². The van der Waals surface area contributed by atoms with E-state index in [1.54, 1.807) is 11.3 Å². The van der Waals surface area contributed by atoms with Crippen LogP contribution in [0.1, 0.15) is 58.2 Å². The van der Waals surface area contributed by atoms with Crippen LogP contribution >= 0.6 is 11.3 Å². The van der Waals surface area contributed by atoms with Gasteiger partial charge in [-0.15, -0.1) is 11.3 Å². The van der Waals surface area contributed by atoms with Gasteiger partial charge in [0.25, 0.3) is 0 Å². The van der Waals surface area contributed by atoms with E-state index in [1.807, 2.05) is 0 Å². The van der Waals surface area contributed by atoms with Gasteiger partial charge in [0.15, 0.2) is 0 Å². The van der Waals surface area contributed by atoms with E-state index in [9.17, 15) is 0 Å². The first-order chi connectivity index (χ1) is 8.76. The minimum atomic E-state index is 0.00929. The standard InChI is InChI=1S/C15H26N2OS/c1-14(2,3)12-10-19-13(17-12)9-16-11-6-7-18-15(4,5)8-11/h10-11,16H,6-9H2,1-5H3. The molecule has 0 aromatic carbocycles. The number of hydrogen-bond acceptors (Lipinski definition) is 4. The minimum absolute atomic E-state index is 0.00929. The minimum Gasteiger partial charge on any atom is -0.375 e.